The van der Waals surface area contributed by atoms with Gasteiger partial charge in [-0.2, -0.15) is 13.2 Å². The monoisotopic (exact) mass is 386 g/mol. The third-order valence-corrected chi connectivity index (χ3v) is 4.72. The van der Waals surface area contributed by atoms with Crippen LogP contribution in [0.2, 0.25) is 5.02 Å². The topological polar surface area (TPSA) is 66.5 Å². The van der Waals surface area contributed by atoms with Gasteiger partial charge in [-0.05, 0) is 31.5 Å². The summed E-state index contributed by atoms with van der Waals surface area (Å²) in [6, 6.07) is 2.49. The van der Waals surface area contributed by atoms with Gasteiger partial charge in [0, 0.05) is 6.04 Å². The molecule has 1 aromatic rings. The average Bonchev–Trinajstić information content (AvgIpc) is 2.43. The fourth-order valence-electron chi connectivity index (χ4n) is 1.84. The van der Waals surface area contributed by atoms with Gasteiger partial charge in [0.25, 0.3) is 0 Å². The highest BCUT2D eigenvalue weighted by Gasteiger charge is 2.34. The Hall–Kier alpha value is -1.48. The van der Waals surface area contributed by atoms with E-state index in [1.165, 1.54) is 0 Å². The van der Waals surface area contributed by atoms with E-state index in [0.717, 1.165) is 18.4 Å². The van der Waals surface area contributed by atoms with Gasteiger partial charge in [-0.25, -0.2) is 8.42 Å². The molecular weight excluding hydrogens is 369 g/mol. The number of nitrogens with one attached hydrogen (secondary N) is 1. The smallest absolute Gasteiger partial charge is 0.352 e. The van der Waals surface area contributed by atoms with Crippen LogP contribution in [0.25, 0.3) is 0 Å². The van der Waals surface area contributed by atoms with Crippen LogP contribution in [0.15, 0.2) is 18.2 Å². The Morgan fingerprint density at radius 3 is 2.42 bits per heavy atom. The van der Waals surface area contributed by atoms with Crippen molar-refractivity contribution >= 4 is 33.2 Å². The normalized spacial score (nSPS) is 13.5. The summed E-state index contributed by atoms with van der Waals surface area (Å²) in [7, 11) is -3.97. The summed E-state index contributed by atoms with van der Waals surface area (Å²) in [6.07, 6.45) is -3.30. The maximum Gasteiger partial charge on any atom is 0.417 e. The third-order valence-electron chi connectivity index (χ3n) is 3.25. The minimum atomic E-state index is -4.74. The van der Waals surface area contributed by atoms with Gasteiger partial charge in [0.05, 0.1) is 22.5 Å². The van der Waals surface area contributed by atoms with Gasteiger partial charge in [-0.1, -0.05) is 18.5 Å². The summed E-state index contributed by atoms with van der Waals surface area (Å²) >= 11 is 5.53. The zero-order chi connectivity index (χ0) is 18.7. The Bertz CT molecular complexity index is 708. The molecule has 1 aromatic carbocycles. The number of nitrogens with zero attached hydrogens (tertiary/aromatic N) is 1. The lowest BCUT2D eigenvalue weighted by atomic mass is 10.2. The fraction of sp³-hybridized carbons (Fsp3) is 0.500. The molecule has 0 aliphatic heterocycles. The lowest BCUT2D eigenvalue weighted by molar-refractivity contribution is -0.137. The first-order valence-electron chi connectivity index (χ1n) is 7.00. The van der Waals surface area contributed by atoms with E-state index >= 15 is 0 Å². The molecule has 0 bridgehead atoms. The van der Waals surface area contributed by atoms with Gasteiger partial charge in [-0.3, -0.25) is 9.10 Å². The molecule has 10 heteroatoms. The van der Waals surface area contributed by atoms with Crippen LogP contribution in [0.5, 0.6) is 0 Å². The van der Waals surface area contributed by atoms with Crippen molar-refractivity contribution in [3.8, 4) is 0 Å². The quantitative estimate of drug-likeness (QED) is 0.817. The Morgan fingerprint density at radius 1 is 1.38 bits per heavy atom. The van der Waals surface area contributed by atoms with Crippen molar-refractivity contribution in [1.29, 1.82) is 0 Å². The number of hydrogen-bond donors (Lipinski definition) is 1. The second-order valence-electron chi connectivity index (χ2n) is 5.31. The minimum absolute atomic E-state index is 0.185. The van der Waals surface area contributed by atoms with E-state index in [4.69, 9.17) is 11.6 Å². The standard InChI is InChI=1S/C14H18ClF3N2O3S/c1-4-9(2)19-13(21)8-20(24(3,22)23)10-5-6-12(15)11(7-10)14(16,17)18/h5-7,9H,4,8H2,1-3H3,(H,19,21). The highest BCUT2D eigenvalue weighted by atomic mass is 35.5. The molecule has 1 amide bonds. The number of halogens is 4. The molecule has 0 spiro atoms. The number of anilines is 1. The molecule has 1 unspecified atom stereocenters. The third kappa shape index (κ3) is 5.55. The first-order chi connectivity index (χ1) is 10.9. The molecular formula is C14H18ClF3N2O3S. The minimum Gasteiger partial charge on any atom is -0.352 e. The summed E-state index contributed by atoms with van der Waals surface area (Å²) in [6.45, 7) is 2.93. The molecule has 0 radical (unpaired) electrons. The summed E-state index contributed by atoms with van der Waals surface area (Å²) in [4.78, 5) is 11.9. The van der Waals surface area contributed by atoms with E-state index in [9.17, 15) is 26.4 Å². The van der Waals surface area contributed by atoms with Crippen LogP contribution in [0, 0.1) is 0 Å². The van der Waals surface area contributed by atoms with Crippen molar-refractivity contribution in [2.45, 2.75) is 32.5 Å². The first kappa shape index (κ1) is 20.6. The van der Waals surface area contributed by atoms with Crippen molar-refractivity contribution in [2.24, 2.45) is 0 Å². The highest BCUT2D eigenvalue weighted by molar-refractivity contribution is 7.92. The molecule has 136 valence electrons. The zero-order valence-electron chi connectivity index (χ0n) is 13.3. The molecule has 0 aliphatic rings. The summed E-state index contributed by atoms with van der Waals surface area (Å²) < 4.78 is 63.2. The van der Waals surface area contributed by atoms with E-state index in [2.05, 4.69) is 5.32 Å². The summed E-state index contributed by atoms with van der Waals surface area (Å²) in [5.74, 6) is -0.613. The lowest BCUT2D eigenvalue weighted by Gasteiger charge is -2.24. The van der Waals surface area contributed by atoms with E-state index < -0.39 is 39.2 Å². The maximum atomic E-state index is 12.9. The highest BCUT2D eigenvalue weighted by Crippen LogP contribution is 2.37. The molecule has 1 N–H and O–H groups in total. The Labute approximate surface area is 143 Å². The zero-order valence-corrected chi connectivity index (χ0v) is 14.9. The molecule has 1 atom stereocenters. The molecule has 0 fully saturated rings. The predicted molar refractivity (Wildman–Crippen MR) is 86.5 cm³/mol. The predicted octanol–water partition coefficient (Wildman–Crippen LogP) is 3.04. The van der Waals surface area contributed by atoms with Crippen molar-refractivity contribution in [3.63, 3.8) is 0 Å². The summed E-state index contributed by atoms with van der Waals surface area (Å²) in [5.41, 5.74) is -1.45. The van der Waals surface area contributed by atoms with Gasteiger partial charge in [0.1, 0.15) is 6.54 Å². The Kier molecular flexibility index (Phi) is 6.52. The van der Waals surface area contributed by atoms with E-state index in [1.54, 1.807) is 6.92 Å². The van der Waals surface area contributed by atoms with Crippen LogP contribution in [0.4, 0.5) is 18.9 Å². The molecule has 0 aromatic heterocycles. The van der Waals surface area contributed by atoms with Crippen LogP contribution >= 0.6 is 11.6 Å². The van der Waals surface area contributed by atoms with E-state index in [-0.39, 0.29) is 11.7 Å². The van der Waals surface area contributed by atoms with Gasteiger partial charge < -0.3 is 5.32 Å². The number of sulfonamides is 1. The number of benzene rings is 1. The molecule has 0 aliphatic carbocycles. The van der Waals surface area contributed by atoms with Crippen LogP contribution in [-0.4, -0.2) is 33.2 Å². The molecule has 0 saturated carbocycles. The molecule has 24 heavy (non-hydrogen) atoms. The van der Waals surface area contributed by atoms with Crippen molar-refractivity contribution in [3.05, 3.63) is 28.8 Å². The second-order valence-corrected chi connectivity index (χ2v) is 7.62. The number of alkyl halides is 3. The van der Waals surface area contributed by atoms with E-state index in [0.29, 0.717) is 16.8 Å². The van der Waals surface area contributed by atoms with Crippen LogP contribution < -0.4 is 9.62 Å². The largest absolute Gasteiger partial charge is 0.417 e. The van der Waals surface area contributed by atoms with Crippen LogP contribution in [0.3, 0.4) is 0 Å². The second kappa shape index (κ2) is 7.60. The van der Waals surface area contributed by atoms with Gasteiger partial charge in [0.2, 0.25) is 15.9 Å². The molecule has 0 saturated heterocycles. The summed E-state index contributed by atoms with van der Waals surface area (Å²) in [5, 5.41) is 2.01. The van der Waals surface area contributed by atoms with Crippen molar-refractivity contribution in [2.75, 3.05) is 17.1 Å². The van der Waals surface area contributed by atoms with E-state index in [1.807, 2.05) is 6.92 Å². The van der Waals surface area contributed by atoms with Crippen LogP contribution in [0.1, 0.15) is 25.8 Å². The molecule has 5 nitrogen and oxygen atoms in total. The molecule has 0 heterocycles. The van der Waals surface area contributed by atoms with Gasteiger partial charge in [-0.15, -0.1) is 0 Å². The van der Waals surface area contributed by atoms with Gasteiger partial charge in [0.15, 0.2) is 0 Å². The Morgan fingerprint density at radius 2 is 1.96 bits per heavy atom. The SMILES string of the molecule is CCC(C)NC(=O)CN(c1ccc(Cl)c(C(F)(F)F)c1)S(C)(=O)=O. The maximum absolute atomic E-state index is 12.9. The first-order valence-corrected chi connectivity index (χ1v) is 9.22. The number of carbonyl (C=O) groups excluding carboxylic acids is 1. The molecule has 1 rings (SSSR count). The fourth-order valence-corrected chi connectivity index (χ4v) is 2.91. The number of hydrogen-bond acceptors (Lipinski definition) is 3. The van der Waals surface area contributed by atoms with Crippen LogP contribution in [-0.2, 0) is 21.0 Å². The number of carbonyl (C=O) groups is 1. The Balaban J connectivity index is 3.22. The number of amides is 1. The average molecular weight is 387 g/mol. The van der Waals surface area contributed by atoms with Gasteiger partial charge >= 0.3 is 6.18 Å². The van der Waals surface area contributed by atoms with Crippen molar-refractivity contribution < 1.29 is 26.4 Å². The lowest BCUT2D eigenvalue weighted by Crippen LogP contribution is -2.43. The number of rotatable bonds is 6. The van der Waals surface area contributed by atoms with Crippen molar-refractivity contribution in [1.82, 2.24) is 5.32 Å².